The normalized spacial score (nSPS) is 15.1. The number of anilines is 1. The van der Waals surface area contributed by atoms with Crippen LogP contribution in [0.5, 0.6) is 0 Å². The van der Waals surface area contributed by atoms with Crippen LogP contribution in [0.4, 0.5) is 5.82 Å². The van der Waals surface area contributed by atoms with E-state index >= 15 is 0 Å². The summed E-state index contributed by atoms with van der Waals surface area (Å²) >= 11 is 1.83. The summed E-state index contributed by atoms with van der Waals surface area (Å²) in [5.41, 5.74) is 7.62. The van der Waals surface area contributed by atoms with Gasteiger partial charge in [-0.15, -0.1) is 11.3 Å². The van der Waals surface area contributed by atoms with Crippen molar-refractivity contribution in [3.63, 3.8) is 0 Å². The first-order chi connectivity index (χ1) is 9.15. The summed E-state index contributed by atoms with van der Waals surface area (Å²) in [5.74, 6) is 2.29. The maximum atomic E-state index is 6.19. The number of nitrogens with two attached hydrogens (primary N) is 1. The average molecular weight is 275 g/mol. The van der Waals surface area contributed by atoms with Crippen LogP contribution in [0.25, 0.3) is 10.2 Å². The second-order valence-corrected chi connectivity index (χ2v) is 6.93. The van der Waals surface area contributed by atoms with Crippen LogP contribution in [0.1, 0.15) is 49.4 Å². The topological polar surface area (TPSA) is 51.8 Å². The van der Waals surface area contributed by atoms with Gasteiger partial charge in [-0.25, -0.2) is 9.97 Å². The fraction of sp³-hybridized carbons (Fsp3) is 0.600. The number of fused-ring (bicyclic) bond motifs is 3. The van der Waals surface area contributed by atoms with E-state index in [9.17, 15) is 0 Å². The van der Waals surface area contributed by atoms with Crippen molar-refractivity contribution in [2.45, 2.75) is 52.4 Å². The molecule has 4 heteroatoms. The van der Waals surface area contributed by atoms with Crippen molar-refractivity contribution in [3.8, 4) is 0 Å². The van der Waals surface area contributed by atoms with Gasteiger partial charge in [0.25, 0.3) is 0 Å². The van der Waals surface area contributed by atoms with Crippen molar-refractivity contribution in [1.29, 1.82) is 0 Å². The zero-order valence-electron chi connectivity index (χ0n) is 11.7. The third-order valence-electron chi connectivity index (χ3n) is 3.83. The highest BCUT2D eigenvalue weighted by atomic mass is 32.1. The van der Waals surface area contributed by atoms with Crippen LogP contribution in [0, 0.1) is 5.92 Å². The smallest absolute Gasteiger partial charge is 0.136 e. The lowest BCUT2D eigenvalue weighted by Gasteiger charge is -2.10. The molecule has 0 bridgehead atoms. The SMILES string of the molecule is CC(C)CCc1nc(N)c2c3c(sc2n1)CCCC3. The molecule has 0 spiro atoms. The highest BCUT2D eigenvalue weighted by molar-refractivity contribution is 7.19. The maximum absolute atomic E-state index is 6.19. The molecule has 1 aliphatic rings. The Balaban J connectivity index is 2.01. The molecule has 2 N–H and O–H groups in total. The van der Waals surface area contributed by atoms with Crippen molar-refractivity contribution >= 4 is 27.4 Å². The molecule has 2 heterocycles. The lowest BCUT2D eigenvalue weighted by molar-refractivity contribution is 0.576. The van der Waals surface area contributed by atoms with E-state index in [4.69, 9.17) is 10.7 Å². The van der Waals surface area contributed by atoms with Crippen molar-refractivity contribution in [1.82, 2.24) is 9.97 Å². The average Bonchev–Trinajstić information content (AvgIpc) is 2.74. The summed E-state index contributed by atoms with van der Waals surface area (Å²) < 4.78 is 0. The quantitative estimate of drug-likeness (QED) is 0.928. The number of nitrogens with zero attached hydrogens (tertiary/aromatic N) is 2. The summed E-state index contributed by atoms with van der Waals surface area (Å²) in [6.45, 7) is 4.46. The monoisotopic (exact) mass is 275 g/mol. The van der Waals surface area contributed by atoms with Crippen LogP contribution in [0.3, 0.4) is 0 Å². The Morgan fingerprint density at radius 1 is 1.21 bits per heavy atom. The van der Waals surface area contributed by atoms with Gasteiger partial charge in [-0.05, 0) is 43.6 Å². The third kappa shape index (κ3) is 2.46. The van der Waals surface area contributed by atoms with Gasteiger partial charge in [-0.2, -0.15) is 0 Å². The van der Waals surface area contributed by atoms with E-state index < -0.39 is 0 Å². The molecule has 3 rings (SSSR count). The fourth-order valence-electron chi connectivity index (χ4n) is 2.76. The zero-order chi connectivity index (χ0) is 13.4. The largest absolute Gasteiger partial charge is 0.383 e. The van der Waals surface area contributed by atoms with Gasteiger partial charge in [0.15, 0.2) is 0 Å². The first-order valence-corrected chi connectivity index (χ1v) is 8.03. The van der Waals surface area contributed by atoms with Gasteiger partial charge < -0.3 is 5.73 Å². The van der Waals surface area contributed by atoms with Gasteiger partial charge in [0.05, 0.1) is 5.39 Å². The van der Waals surface area contributed by atoms with Gasteiger partial charge >= 0.3 is 0 Å². The van der Waals surface area contributed by atoms with Crippen molar-refractivity contribution in [2.75, 3.05) is 5.73 Å². The van der Waals surface area contributed by atoms with Gasteiger partial charge in [-0.3, -0.25) is 0 Å². The molecule has 2 aromatic rings. The summed E-state index contributed by atoms with van der Waals surface area (Å²) in [5, 5.41) is 1.15. The van der Waals surface area contributed by atoms with Crippen LogP contribution in [-0.2, 0) is 19.3 Å². The summed E-state index contributed by atoms with van der Waals surface area (Å²) in [6, 6.07) is 0. The van der Waals surface area contributed by atoms with Crippen molar-refractivity contribution < 1.29 is 0 Å². The molecule has 0 aromatic carbocycles. The molecule has 0 saturated heterocycles. The van der Waals surface area contributed by atoms with E-state index in [2.05, 4.69) is 18.8 Å². The number of aryl methyl sites for hydroxylation is 3. The molecule has 19 heavy (non-hydrogen) atoms. The van der Waals surface area contributed by atoms with Crippen LogP contribution in [0.15, 0.2) is 0 Å². The molecule has 0 radical (unpaired) electrons. The minimum absolute atomic E-state index is 0.678. The Bertz CT molecular complexity index is 601. The van der Waals surface area contributed by atoms with E-state index in [0.717, 1.165) is 35.3 Å². The predicted molar refractivity (Wildman–Crippen MR) is 81.6 cm³/mol. The molecule has 0 amide bonds. The molecule has 0 aliphatic heterocycles. The number of rotatable bonds is 3. The second kappa shape index (κ2) is 5.08. The first-order valence-electron chi connectivity index (χ1n) is 7.21. The minimum Gasteiger partial charge on any atom is -0.383 e. The Labute approximate surface area is 118 Å². The number of aromatic nitrogens is 2. The van der Waals surface area contributed by atoms with Crippen molar-refractivity contribution in [3.05, 3.63) is 16.3 Å². The minimum atomic E-state index is 0.678. The summed E-state index contributed by atoms with van der Waals surface area (Å²) in [6.07, 6.45) is 6.96. The van der Waals surface area contributed by atoms with E-state index in [-0.39, 0.29) is 0 Å². The molecule has 3 nitrogen and oxygen atoms in total. The van der Waals surface area contributed by atoms with Gasteiger partial charge in [0.2, 0.25) is 0 Å². The van der Waals surface area contributed by atoms with Crippen LogP contribution < -0.4 is 5.73 Å². The van der Waals surface area contributed by atoms with Gasteiger partial charge in [-0.1, -0.05) is 13.8 Å². The molecule has 2 aromatic heterocycles. The van der Waals surface area contributed by atoms with Crippen LogP contribution in [0.2, 0.25) is 0 Å². The van der Waals surface area contributed by atoms with E-state index in [0.29, 0.717) is 11.7 Å². The summed E-state index contributed by atoms with van der Waals surface area (Å²) in [7, 11) is 0. The Morgan fingerprint density at radius 2 is 2.00 bits per heavy atom. The van der Waals surface area contributed by atoms with Crippen LogP contribution >= 0.6 is 11.3 Å². The molecular formula is C15H21N3S. The molecule has 1 aliphatic carbocycles. The lowest BCUT2D eigenvalue weighted by Crippen LogP contribution is -2.04. The van der Waals surface area contributed by atoms with Gasteiger partial charge in [0, 0.05) is 11.3 Å². The van der Waals surface area contributed by atoms with Crippen LogP contribution in [-0.4, -0.2) is 9.97 Å². The molecule has 0 saturated carbocycles. The predicted octanol–water partition coefficient (Wildman–Crippen LogP) is 3.74. The molecule has 0 unspecified atom stereocenters. The third-order valence-corrected chi connectivity index (χ3v) is 5.02. The number of thiophene rings is 1. The Hall–Kier alpha value is -1.16. The molecular weight excluding hydrogens is 254 g/mol. The van der Waals surface area contributed by atoms with E-state index in [1.807, 2.05) is 11.3 Å². The number of hydrogen-bond acceptors (Lipinski definition) is 4. The molecule has 102 valence electrons. The standard InChI is InChI=1S/C15H21N3S/c1-9(2)7-8-12-17-14(16)13-10-5-3-4-6-11(10)19-15(13)18-12/h9H,3-8H2,1-2H3,(H2,16,17,18). The summed E-state index contributed by atoms with van der Waals surface area (Å²) in [4.78, 5) is 11.9. The second-order valence-electron chi connectivity index (χ2n) is 5.85. The molecule has 0 fully saturated rings. The highest BCUT2D eigenvalue weighted by Gasteiger charge is 2.19. The number of hydrogen-bond donors (Lipinski definition) is 1. The lowest BCUT2D eigenvalue weighted by atomic mass is 9.97. The zero-order valence-corrected chi connectivity index (χ0v) is 12.5. The highest BCUT2D eigenvalue weighted by Crippen LogP contribution is 2.37. The molecule has 0 atom stereocenters. The Morgan fingerprint density at radius 3 is 2.79 bits per heavy atom. The van der Waals surface area contributed by atoms with E-state index in [1.54, 1.807) is 0 Å². The van der Waals surface area contributed by atoms with E-state index in [1.165, 1.54) is 29.7 Å². The van der Waals surface area contributed by atoms with Crippen molar-refractivity contribution in [2.24, 2.45) is 5.92 Å². The number of nitrogen functional groups attached to an aromatic ring is 1. The first kappa shape index (κ1) is 12.9. The maximum Gasteiger partial charge on any atom is 0.136 e. The van der Waals surface area contributed by atoms with Gasteiger partial charge in [0.1, 0.15) is 16.5 Å². The fourth-order valence-corrected chi connectivity index (χ4v) is 4.05. The Kier molecular flexibility index (Phi) is 3.44.